The Bertz CT molecular complexity index is 664. The zero-order valence-corrected chi connectivity index (χ0v) is 12.5. The zero-order chi connectivity index (χ0) is 16.2. The lowest BCUT2D eigenvalue weighted by Crippen LogP contribution is -2.16. The van der Waals surface area contributed by atoms with Gasteiger partial charge in [0, 0.05) is 12.4 Å². The average molecular weight is 348 g/mol. The first kappa shape index (κ1) is 16.6. The molecule has 0 aromatic carbocycles. The summed E-state index contributed by atoms with van der Waals surface area (Å²) in [5.41, 5.74) is 0.0495. The van der Waals surface area contributed by atoms with Crippen molar-refractivity contribution in [1.29, 1.82) is 0 Å². The molecule has 0 aliphatic heterocycles. The number of hydrogen-bond acceptors (Lipinski definition) is 4. The van der Waals surface area contributed by atoms with Crippen LogP contribution in [0.2, 0.25) is 5.02 Å². The SMILES string of the molecule is O=C(Nc1ccc(Cl)cn1)c1cccnc1SCC(F)(F)F. The summed E-state index contributed by atoms with van der Waals surface area (Å²) in [6, 6.07) is 5.89. The molecule has 0 aliphatic carbocycles. The van der Waals surface area contributed by atoms with Gasteiger partial charge < -0.3 is 5.32 Å². The second-order valence-electron chi connectivity index (χ2n) is 4.08. The van der Waals surface area contributed by atoms with Gasteiger partial charge in [0.25, 0.3) is 5.91 Å². The predicted molar refractivity (Wildman–Crippen MR) is 78.2 cm³/mol. The number of rotatable bonds is 4. The lowest BCUT2D eigenvalue weighted by Gasteiger charge is -2.10. The minimum atomic E-state index is -4.34. The molecule has 1 N–H and O–H groups in total. The summed E-state index contributed by atoms with van der Waals surface area (Å²) in [4.78, 5) is 19.8. The molecule has 0 aliphatic rings. The molecular formula is C13H9ClF3N3OS. The largest absolute Gasteiger partial charge is 0.398 e. The molecule has 116 valence electrons. The Balaban J connectivity index is 2.13. The predicted octanol–water partition coefficient (Wildman–Crippen LogP) is 4.04. The van der Waals surface area contributed by atoms with Crippen molar-refractivity contribution in [1.82, 2.24) is 9.97 Å². The molecule has 0 fully saturated rings. The first-order chi connectivity index (χ1) is 10.3. The summed E-state index contributed by atoms with van der Waals surface area (Å²) in [6.07, 6.45) is -1.66. The number of nitrogens with zero attached hydrogens (tertiary/aromatic N) is 2. The third-order valence-corrected chi connectivity index (χ3v) is 3.65. The fourth-order valence-corrected chi connectivity index (χ4v) is 2.33. The number of hydrogen-bond donors (Lipinski definition) is 1. The van der Waals surface area contributed by atoms with E-state index in [0.29, 0.717) is 16.8 Å². The molecule has 2 aromatic rings. The minimum absolute atomic E-state index is 0.00582. The third kappa shape index (κ3) is 4.88. The Morgan fingerprint density at radius 3 is 2.68 bits per heavy atom. The second-order valence-corrected chi connectivity index (χ2v) is 5.48. The Morgan fingerprint density at radius 1 is 1.27 bits per heavy atom. The highest BCUT2D eigenvalue weighted by Crippen LogP contribution is 2.28. The molecule has 0 bridgehead atoms. The number of carbonyl (C=O) groups excluding carboxylic acids is 1. The van der Waals surface area contributed by atoms with Crippen molar-refractivity contribution in [2.75, 3.05) is 11.1 Å². The molecular weight excluding hydrogens is 339 g/mol. The molecule has 0 unspecified atom stereocenters. The maximum Gasteiger partial charge on any atom is 0.398 e. The number of alkyl halides is 3. The Hall–Kier alpha value is -1.80. The van der Waals surface area contributed by atoms with Crippen LogP contribution in [0.3, 0.4) is 0 Å². The minimum Gasteiger partial charge on any atom is -0.306 e. The lowest BCUT2D eigenvalue weighted by molar-refractivity contribution is -0.105. The van der Waals surface area contributed by atoms with Crippen LogP contribution in [0, 0.1) is 0 Å². The number of thioether (sulfide) groups is 1. The van der Waals surface area contributed by atoms with Crippen molar-refractivity contribution in [3.63, 3.8) is 0 Å². The third-order valence-electron chi connectivity index (χ3n) is 2.36. The van der Waals surface area contributed by atoms with Crippen LogP contribution in [0.5, 0.6) is 0 Å². The molecule has 1 amide bonds. The summed E-state index contributed by atoms with van der Waals surface area (Å²) >= 11 is 6.14. The van der Waals surface area contributed by atoms with E-state index in [1.165, 1.54) is 36.7 Å². The Morgan fingerprint density at radius 2 is 2.05 bits per heavy atom. The smallest absolute Gasteiger partial charge is 0.306 e. The van der Waals surface area contributed by atoms with E-state index in [1.54, 1.807) is 0 Å². The van der Waals surface area contributed by atoms with Gasteiger partial charge in [0.15, 0.2) is 0 Å². The fourth-order valence-electron chi connectivity index (χ4n) is 1.46. The summed E-state index contributed by atoms with van der Waals surface area (Å²) in [7, 11) is 0. The average Bonchev–Trinajstić information content (AvgIpc) is 2.47. The van der Waals surface area contributed by atoms with Crippen LogP contribution in [0.1, 0.15) is 10.4 Å². The highest BCUT2D eigenvalue weighted by Gasteiger charge is 2.28. The van der Waals surface area contributed by atoms with Crippen molar-refractivity contribution < 1.29 is 18.0 Å². The molecule has 0 saturated heterocycles. The van der Waals surface area contributed by atoms with Gasteiger partial charge in [-0.25, -0.2) is 9.97 Å². The number of halogens is 4. The van der Waals surface area contributed by atoms with Gasteiger partial charge in [-0.2, -0.15) is 13.2 Å². The maximum atomic E-state index is 12.3. The number of nitrogens with one attached hydrogen (secondary N) is 1. The number of anilines is 1. The van der Waals surface area contributed by atoms with E-state index in [-0.39, 0.29) is 16.4 Å². The van der Waals surface area contributed by atoms with Gasteiger partial charge in [-0.15, -0.1) is 0 Å². The number of carbonyl (C=O) groups is 1. The van der Waals surface area contributed by atoms with E-state index in [1.807, 2.05) is 0 Å². The topological polar surface area (TPSA) is 54.9 Å². The molecule has 9 heteroatoms. The monoisotopic (exact) mass is 347 g/mol. The molecule has 2 heterocycles. The number of aromatic nitrogens is 2. The molecule has 2 rings (SSSR count). The zero-order valence-electron chi connectivity index (χ0n) is 10.9. The molecule has 4 nitrogen and oxygen atoms in total. The molecule has 2 aromatic heterocycles. The number of amides is 1. The first-order valence-electron chi connectivity index (χ1n) is 5.92. The highest BCUT2D eigenvalue weighted by molar-refractivity contribution is 7.99. The standard InChI is InChI=1S/C13H9ClF3N3OS/c14-8-3-4-10(19-6-8)20-11(21)9-2-1-5-18-12(9)22-7-13(15,16)17/h1-6H,7H2,(H,19,20,21). The van der Waals surface area contributed by atoms with Crippen LogP contribution in [0.25, 0.3) is 0 Å². The van der Waals surface area contributed by atoms with Crippen molar-refractivity contribution >= 4 is 35.1 Å². The molecule has 0 radical (unpaired) electrons. The maximum absolute atomic E-state index is 12.3. The van der Waals surface area contributed by atoms with Crippen LogP contribution in [-0.4, -0.2) is 27.8 Å². The Labute approximate surface area is 133 Å². The van der Waals surface area contributed by atoms with Crippen LogP contribution in [0.15, 0.2) is 41.7 Å². The quantitative estimate of drug-likeness (QED) is 0.848. The van der Waals surface area contributed by atoms with E-state index in [4.69, 9.17) is 11.6 Å². The summed E-state index contributed by atoms with van der Waals surface area (Å²) in [5.74, 6) is -1.47. The normalized spacial score (nSPS) is 11.3. The van der Waals surface area contributed by atoms with Crippen LogP contribution in [-0.2, 0) is 0 Å². The number of pyridine rings is 2. The van der Waals surface area contributed by atoms with Gasteiger partial charge in [-0.05, 0) is 24.3 Å². The van der Waals surface area contributed by atoms with E-state index in [9.17, 15) is 18.0 Å². The lowest BCUT2D eigenvalue weighted by atomic mass is 10.2. The van der Waals surface area contributed by atoms with Gasteiger partial charge in [-0.3, -0.25) is 4.79 Å². The van der Waals surface area contributed by atoms with E-state index < -0.39 is 17.8 Å². The van der Waals surface area contributed by atoms with E-state index >= 15 is 0 Å². The van der Waals surface area contributed by atoms with Crippen molar-refractivity contribution in [3.05, 3.63) is 47.2 Å². The van der Waals surface area contributed by atoms with Crippen molar-refractivity contribution in [3.8, 4) is 0 Å². The molecule has 0 spiro atoms. The van der Waals surface area contributed by atoms with Crippen molar-refractivity contribution in [2.45, 2.75) is 11.2 Å². The van der Waals surface area contributed by atoms with E-state index in [2.05, 4.69) is 15.3 Å². The summed E-state index contributed by atoms with van der Waals surface area (Å²) in [6.45, 7) is 0. The van der Waals surface area contributed by atoms with Gasteiger partial charge in [0.2, 0.25) is 0 Å². The fraction of sp³-hybridized carbons (Fsp3) is 0.154. The van der Waals surface area contributed by atoms with Crippen LogP contribution < -0.4 is 5.32 Å². The molecule has 22 heavy (non-hydrogen) atoms. The summed E-state index contributed by atoms with van der Waals surface area (Å²) < 4.78 is 36.9. The first-order valence-corrected chi connectivity index (χ1v) is 7.29. The van der Waals surface area contributed by atoms with Gasteiger partial charge in [0.05, 0.1) is 16.3 Å². The highest BCUT2D eigenvalue weighted by atomic mass is 35.5. The van der Waals surface area contributed by atoms with E-state index in [0.717, 1.165) is 0 Å². The van der Waals surface area contributed by atoms with Crippen LogP contribution >= 0.6 is 23.4 Å². The molecule has 0 atom stereocenters. The Kier molecular flexibility index (Phi) is 5.25. The van der Waals surface area contributed by atoms with Gasteiger partial charge in [-0.1, -0.05) is 23.4 Å². The van der Waals surface area contributed by atoms with Crippen LogP contribution in [0.4, 0.5) is 19.0 Å². The van der Waals surface area contributed by atoms with Crippen molar-refractivity contribution in [2.24, 2.45) is 0 Å². The van der Waals surface area contributed by atoms with Gasteiger partial charge >= 0.3 is 6.18 Å². The second kappa shape index (κ2) is 6.97. The summed E-state index contributed by atoms with van der Waals surface area (Å²) in [5, 5.41) is 2.89. The van der Waals surface area contributed by atoms with Gasteiger partial charge in [0.1, 0.15) is 10.8 Å². The molecule has 0 saturated carbocycles.